The summed E-state index contributed by atoms with van der Waals surface area (Å²) in [5.74, 6) is 1.10. The van der Waals surface area contributed by atoms with E-state index in [2.05, 4.69) is 15.9 Å². The SMILES string of the molecule is COC(=O)C(C)(C)Oc1cc(C)c(OCCCBr)cc1C. The van der Waals surface area contributed by atoms with Crippen molar-refractivity contribution in [2.45, 2.75) is 39.7 Å². The molecule has 5 heteroatoms. The first-order valence-corrected chi connectivity index (χ1v) is 8.01. The van der Waals surface area contributed by atoms with Gasteiger partial charge >= 0.3 is 5.97 Å². The van der Waals surface area contributed by atoms with E-state index in [0.29, 0.717) is 12.4 Å². The van der Waals surface area contributed by atoms with Crippen molar-refractivity contribution in [3.8, 4) is 11.5 Å². The summed E-state index contributed by atoms with van der Waals surface area (Å²) in [6.45, 7) is 7.93. The molecule has 0 aliphatic carbocycles. The quantitative estimate of drug-likeness (QED) is 0.422. The lowest BCUT2D eigenvalue weighted by Gasteiger charge is -2.25. The number of methoxy groups -OCH3 is 1. The Hall–Kier alpha value is -1.23. The monoisotopic (exact) mass is 358 g/mol. The summed E-state index contributed by atoms with van der Waals surface area (Å²) in [6, 6.07) is 3.83. The van der Waals surface area contributed by atoms with Crippen LogP contribution in [-0.2, 0) is 9.53 Å². The molecule has 1 rings (SSSR count). The Morgan fingerprint density at radius 3 is 2.33 bits per heavy atom. The van der Waals surface area contributed by atoms with Crippen molar-refractivity contribution in [1.29, 1.82) is 0 Å². The number of alkyl halides is 1. The van der Waals surface area contributed by atoms with Gasteiger partial charge in [0.2, 0.25) is 0 Å². The van der Waals surface area contributed by atoms with Crippen molar-refractivity contribution in [2.24, 2.45) is 0 Å². The number of benzene rings is 1. The van der Waals surface area contributed by atoms with Crippen LogP contribution in [0, 0.1) is 13.8 Å². The fourth-order valence-electron chi connectivity index (χ4n) is 1.83. The Balaban J connectivity index is 2.91. The van der Waals surface area contributed by atoms with Gasteiger partial charge in [-0.25, -0.2) is 4.79 Å². The Morgan fingerprint density at radius 1 is 1.19 bits per heavy atom. The van der Waals surface area contributed by atoms with Crippen LogP contribution in [0.25, 0.3) is 0 Å². The molecule has 0 atom stereocenters. The predicted molar refractivity (Wildman–Crippen MR) is 86.5 cm³/mol. The maximum absolute atomic E-state index is 11.7. The minimum Gasteiger partial charge on any atom is -0.493 e. The molecule has 1 aromatic carbocycles. The second-order valence-corrected chi connectivity index (χ2v) is 6.17. The summed E-state index contributed by atoms with van der Waals surface area (Å²) >= 11 is 3.38. The number of halogens is 1. The molecule has 0 saturated carbocycles. The van der Waals surface area contributed by atoms with E-state index in [4.69, 9.17) is 14.2 Å². The van der Waals surface area contributed by atoms with Gasteiger partial charge in [0.1, 0.15) is 11.5 Å². The first-order valence-electron chi connectivity index (χ1n) is 6.89. The topological polar surface area (TPSA) is 44.8 Å². The molecule has 0 aromatic heterocycles. The van der Waals surface area contributed by atoms with Gasteiger partial charge in [0.05, 0.1) is 13.7 Å². The molecule has 0 fully saturated rings. The van der Waals surface area contributed by atoms with Gasteiger partial charge < -0.3 is 14.2 Å². The summed E-state index contributed by atoms with van der Waals surface area (Å²) in [4.78, 5) is 11.7. The van der Waals surface area contributed by atoms with Crippen LogP contribution in [0.1, 0.15) is 31.4 Å². The second-order valence-electron chi connectivity index (χ2n) is 5.38. The number of carbonyl (C=O) groups excluding carboxylic acids is 1. The molecule has 0 N–H and O–H groups in total. The van der Waals surface area contributed by atoms with Crippen LogP contribution in [0.5, 0.6) is 11.5 Å². The summed E-state index contributed by atoms with van der Waals surface area (Å²) in [5.41, 5.74) is 0.877. The fraction of sp³-hybridized carbons (Fsp3) is 0.562. The number of hydrogen-bond acceptors (Lipinski definition) is 4. The Labute approximate surface area is 134 Å². The average Bonchev–Trinajstić information content (AvgIpc) is 2.42. The second kappa shape index (κ2) is 7.69. The minimum absolute atomic E-state index is 0.405. The largest absolute Gasteiger partial charge is 0.493 e. The molecule has 0 amide bonds. The number of rotatable bonds is 7. The lowest BCUT2D eigenvalue weighted by molar-refractivity contribution is -0.156. The summed E-state index contributed by atoms with van der Waals surface area (Å²) in [7, 11) is 1.35. The van der Waals surface area contributed by atoms with E-state index in [-0.39, 0.29) is 0 Å². The third kappa shape index (κ3) is 4.92. The smallest absolute Gasteiger partial charge is 0.349 e. The van der Waals surface area contributed by atoms with Crippen LogP contribution < -0.4 is 9.47 Å². The van der Waals surface area contributed by atoms with Gasteiger partial charge in [-0.1, -0.05) is 15.9 Å². The van der Waals surface area contributed by atoms with Gasteiger partial charge in [-0.3, -0.25) is 0 Å². The molecule has 0 unspecified atom stereocenters. The average molecular weight is 359 g/mol. The number of ether oxygens (including phenoxy) is 3. The van der Waals surface area contributed by atoms with Crippen LogP contribution in [0.3, 0.4) is 0 Å². The van der Waals surface area contributed by atoms with Crippen molar-refractivity contribution in [1.82, 2.24) is 0 Å². The molecule has 0 spiro atoms. The zero-order chi connectivity index (χ0) is 16.0. The number of carbonyl (C=O) groups is 1. The van der Waals surface area contributed by atoms with Crippen molar-refractivity contribution in [2.75, 3.05) is 19.0 Å². The van der Waals surface area contributed by atoms with Crippen molar-refractivity contribution >= 4 is 21.9 Å². The Kier molecular flexibility index (Phi) is 6.52. The molecule has 0 aliphatic rings. The number of aryl methyl sites for hydroxylation is 2. The molecule has 21 heavy (non-hydrogen) atoms. The highest BCUT2D eigenvalue weighted by atomic mass is 79.9. The maximum Gasteiger partial charge on any atom is 0.349 e. The fourth-order valence-corrected chi connectivity index (χ4v) is 2.06. The number of hydrogen-bond donors (Lipinski definition) is 0. The van der Waals surface area contributed by atoms with E-state index < -0.39 is 11.6 Å². The van der Waals surface area contributed by atoms with Gasteiger partial charge in [0, 0.05) is 5.33 Å². The molecule has 4 nitrogen and oxygen atoms in total. The maximum atomic E-state index is 11.7. The number of esters is 1. The molecular formula is C16H23BrO4. The van der Waals surface area contributed by atoms with Gasteiger partial charge in [-0.2, -0.15) is 0 Å². The zero-order valence-electron chi connectivity index (χ0n) is 13.3. The normalized spacial score (nSPS) is 11.1. The van der Waals surface area contributed by atoms with Gasteiger partial charge in [-0.05, 0) is 57.4 Å². The summed E-state index contributed by atoms with van der Waals surface area (Å²) in [5, 5.41) is 0.916. The van der Waals surface area contributed by atoms with Crippen molar-refractivity contribution in [3.63, 3.8) is 0 Å². The van der Waals surface area contributed by atoms with E-state index in [9.17, 15) is 4.79 Å². The van der Waals surface area contributed by atoms with E-state index in [1.165, 1.54) is 7.11 Å². The Morgan fingerprint density at radius 2 is 1.76 bits per heavy atom. The predicted octanol–water partition coefficient (Wildman–Crippen LogP) is 3.80. The van der Waals surface area contributed by atoms with Crippen LogP contribution in [0.2, 0.25) is 0 Å². The molecule has 0 bridgehead atoms. The lowest BCUT2D eigenvalue weighted by atomic mass is 10.1. The molecule has 0 heterocycles. The molecule has 0 saturated heterocycles. The molecule has 118 valence electrons. The molecule has 0 aliphatic heterocycles. The first kappa shape index (κ1) is 17.8. The third-order valence-electron chi connectivity index (χ3n) is 3.05. The summed E-state index contributed by atoms with van der Waals surface area (Å²) < 4.78 is 16.3. The molecule has 1 aromatic rings. The highest BCUT2D eigenvalue weighted by Crippen LogP contribution is 2.30. The van der Waals surface area contributed by atoms with E-state index >= 15 is 0 Å². The van der Waals surface area contributed by atoms with Crippen LogP contribution in [0.4, 0.5) is 0 Å². The standard InChI is InChI=1S/C16H23BrO4/c1-11-10-14(21-16(3,4)15(18)19-5)12(2)9-13(11)20-8-6-7-17/h9-10H,6-8H2,1-5H3. The molecular weight excluding hydrogens is 336 g/mol. The van der Waals surface area contributed by atoms with Crippen molar-refractivity contribution < 1.29 is 19.0 Å². The van der Waals surface area contributed by atoms with E-state index in [1.54, 1.807) is 13.8 Å². The van der Waals surface area contributed by atoms with Crippen LogP contribution in [0.15, 0.2) is 12.1 Å². The highest BCUT2D eigenvalue weighted by Gasteiger charge is 2.31. The van der Waals surface area contributed by atoms with E-state index in [0.717, 1.165) is 28.6 Å². The Bertz CT molecular complexity index is 497. The van der Waals surface area contributed by atoms with Crippen LogP contribution >= 0.6 is 15.9 Å². The van der Waals surface area contributed by atoms with Gasteiger partial charge in [0.25, 0.3) is 0 Å². The van der Waals surface area contributed by atoms with Crippen LogP contribution in [-0.4, -0.2) is 30.6 Å². The van der Waals surface area contributed by atoms with E-state index in [1.807, 2.05) is 26.0 Å². The lowest BCUT2D eigenvalue weighted by Crippen LogP contribution is -2.39. The molecule has 0 radical (unpaired) electrons. The minimum atomic E-state index is -1.02. The van der Waals surface area contributed by atoms with Gasteiger partial charge in [0.15, 0.2) is 5.60 Å². The van der Waals surface area contributed by atoms with Crippen molar-refractivity contribution in [3.05, 3.63) is 23.3 Å². The zero-order valence-corrected chi connectivity index (χ0v) is 14.9. The third-order valence-corrected chi connectivity index (χ3v) is 3.61. The first-order chi connectivity index (χ1) is 9.81. The highest BCUT2D eigenvalue weighted by molar-refractivity contribution is 9.09. The summed E-state index contributed by atoms with van der Waals surface area (Å²) in [6.07, 6.45) is 0.951. The van der Waals surface area contributed by atoms with Gasteiger partial charge in [-0.15, -0.1) is 0 Å².